The van der Waals surface area contributed by atoms with Gasteiger partial charge in [-0.25, -0.2) is 9.59 Å². The number of ether oxygens (including phenoxy) is 2. The van der Waals surface area contributed by atoms with Gasteiger partial charge in [-0.3, -0.25) is 5.32 Å². The van der Waals surface area contributed by atoms with Crippen molar-refractivity contribution in [1.82, 2.24) is 5.32 Å². The van der Waals surface area contributed by atoms with Crippen LogP contribution < -0.4 is 5.32 Å². The van der Waals surface area contributed by atoms with Crippen molar-refractivity contribution in [3.8, 4) is 0 Å². The summed E-state index contributed by atoms with van der Waals surface area (Å²) < 4.78 is 9.42. The lowest BCUT2D eigenvalue weighted by molar-refractivity contribution is -0.136. The lowest BCUT2D eigenvalue weighted by atomic mass is 9.46. The van der Waals surface area contributed by atoms with Crippen LogP contribution in [0.5, 0.6) is 0 Å². The van der Waals surface area contributed by atoms with E-state index in [9.17, 15) is 9.59 Å². The van der Waals surface area contributed by atoms with Gasteiger partial charge in [-0.1, -0.05) is 13.0 Å². The first-order valence-corrected chi connectivity index (χ1v) is 7.33. The molecule has 0 aromatic heterocycles. The topological polar surface area (TPSA) is 64.6 Å². The molecular formula is C16H27NO4. The molecule has 0 aromatic carbocycles. The van der Waals surface area contributed by atoms with Crippen molar-refractivity contribution in [2.45, 2.75) is 59.5 Å². The Labute approximate surface area is 127 Å². The molecule has 120 valence electrons. The quantitative estimate of drug-likeness (QED) is 0.627. The summed E-state index contributed by atoms with van der Waals surface area (Å²) in [7, 11) is 1.24. The van der Waals surface area contributed by atoms with Crippen LogP contribution in [0.15, 0.2) is 11.8 Å². The number of rotatable bonds is 2. The van der Waals surface area contributed by atoms with Gasteiger partial charge in [-0.05, 0) is 58.3 Å². The van der Waals surface area contributed by atoms with Crippen LogP contribution in [-0.2, 0) is 14.3 Å². The summed E-state index contributed by atoms with van der Waals surface area (Å²) in [6.45, 7) is 9.22. The van der Waals surface area contributed by atoms with E-state index in [-0.39, 0.29) is 5.70 Å². The molecule has 1 amide bonds. The third-order valence-electron chi connectivity index (χ3n) is 3.67. The number of esters is 1. The first-order valence-electron chi connectivity index (χ1n) is 7.33. The molecule has 1 N–H and O–H groups in total. The van der Waals surface area contributed by atoms with Crippen LogP contribution in [0, 0.1) is 11.3 Å². The highest BCUT2D eigenvalue weighted by Gasteiger charge is 2.52. The number of hydrogen-bond donors (Lipinski definition) is 1. The Morgan fingerprint density at radius 2 is 1.71 bits per heavy atom. The average molecular weight is 297 g/mol. The summed E-state index contributed by atoms with van der Waals surface area (Å²) in [5.74, 6) is 0.568. The van der Waals surface area contributed by atoms with E-state index >= 15 is 0 Å². The zero-order chi connectivity index (χ0) is 16.3. The van der Waals surface area contributed by atoms with E-state index in [1.807, 2.05) is 0 Å². The maximum atomic E-state index is 11.3. The molecule has 3 aliphatic carbocycles. The van der Waals surface area contributed by atoms with Gasteiger partial charge in [0.05, 0.1) is 7.11 Å². The molecule has 3 aliphatic rings. The Balaban J connectivity index is 0.000000294. The van der Waals surface area contributed by atoms with Crippen molar-refractivity contribution < 1.29 is 19.1 Å². The number of nitrogens with one attached hydrogen (secondary N) is 1. The van der Waals surface area contributed by atoms with Gasteiger partial charge in [0.2, 0.25) is 0 Å². The predicted octanol–water partition coefficient (Wildman–Crippen LogP) is 3.39. The highest BCUT2D eigenvalue weighted by atomic mass is 16.6. The van der Waals surface area contributed by atoms with Crippen LogP contribution in [0.25, 0.3) is 0 Å². The van der Waals surface area contributed by atoms with Crippen LogP contribution in [0.4, 0.5) is 4.79 Å². The minimum absolute atomic E-state index is 0.0618. The third kappa shape index (κ3) is 5.40. The molecular weight excluding hydrogens is 270 g/mol. The summed E-state index contributed by atoms with van der Waals surface area (Å²) in [4.78, 5) is 22.3. The lowest BCUT2D eigenvalue weighted by Gasteiger charge is -2.60. The van der Waals surface area contributed by atoms with Crippen LogP contribution in [0.1, 0.15) is 53.9 Å². The fourth-order valence-electron chi connectivity index (χ4n) is 2.68. The molecule has 0 aliphatic heterocycles. The Kier molecular flexibility index (Phi) is 5.42. The minimum atomic E-state index is -0.680. The second kappa shape index (κ2) is 6.50. The molecule has 3 rings (SSSR count). The smallest absolute Gasteiger partial charge is 0.412 e. The van der Waals surface area contributed by atoms with Gasteiger partial charge < -0.3 is 9.47 Å². The van der Waals surface area contributed by atoms with E-state index in [1.165, 1.54) is 19.1 Å². The predicted molar refractivity (Wildman–Crippen MR) is 80.6 cm³/mol. The molecule has 0 unspecified atom stereocenters. The molecule has 0 radical (unpaired) electrons. The standard InChI is InChI=1S/C10H17NO4.C6H10/c1-6-7(8(12)14-5)11-9(13)15-10(2,3)4;1-6-2-5(3-6)4-6/h6H,1-5H3,(H,11,13);5H,2-4H2,1H3/b7-6+;. The van der Waals surface area contributed by atoms with Crippen LogP contribution in [0.2, 0.25) is 0 Å². The van der Waals surface area contributed by atoms with Gasteiger partial charge in [0, 0.05) is 0 Å². The molecule has 21 heavy (non-hydrogen) atoms. The van der Waals surface area contributed by atoms with E-state index in [2.05, 4.69) is 17.0 Å². The van der Waals surface area contributed by atoms with Gasteiger partial charge in [0.15, 0.2) is 0 Å². The fourth-order valence-corrected chi connectivity index (χ4v) is 2.68. The van der Waals surface area contributed by atoms with Crippen molar-refractivity contribution in [2.75, 3.05) is 7.11 Å². The van der Waals surface area contributed by atoms with E-state index in [4.69, 9.17) is 4.74 Å². The first-order chi connectivity index (χ1) is 9.58. The summed E-state index contributed by atoms with van der Waals surface area (Å²) in [5, 5.41) is 2.30. The minimum Gasteiger partial charge on any atom is -0.464 e. The Bertz CT molecular complexity index is 417. The summed E-state index contributed by atoms with van der Waals surface area (Å²) >= 11 is 0. The van der Waals surface area contributed by atoms with E-state index < -0.39 is 17.7 Å². The second-order valence-electron chi connectivity index (χ2n) is 7.11. The molecule has 3 saturated carbocycles. The fraction of sp³-hybridized carbons (Fsp3) is 0.750. The maximum absolute atomic E-state index is 11.3. The third-order valence-corrected chi connectivity index (χ3v) is 3.67. The number of hydrogen-bond acceptors (Lipinski definition) is 4. The first kappa shape index (κ1) is 17.5. The molecule has 5 nitrogen and oxygen atoms in total. The Morgan fingerprint density at radius 3 is 1.95 bits per heavy atom. The molecule has 0 aromatic rings. The number of amides is 1. The van der Waals surface area contributed by atoms with Crippen molar-refractivity contribution >= 4 is 12.1 Å². The number of alkyl carbamates (subject to hydrolysis) is 1. The number of methoxy groups -OCH3 is 1. The molecule has 0 spiro atoms. The molecule has 5 heteroatoms. The lowest BCUT2D eigenvalue weighted by Crippen LogP contribution is -2.48. The summed E-state index contributed by atoms with van der Waals surface area (Å²) in [6, 6.07) is 0. The second-order valence-corrected chi connectivity index (χ2v) is 7.11. The maximum Gasteiger partial charge on any atom is 0.412 e. The van der Waals surface area contributed by atoms with Gasteiger partial charge in [-0.2, -0.15) is 0 Å². The Hall–Kier alpha value is -1.52. The van der Waals surface area contributed by atoms with Gasteiger partial charge in [0.1, 0.15) is 11.3 Å². The zero-order valence-electron chi connectivity index (χ0n) is 13.9. The SMILES string of the molecule is C/C=C(/NC(=O)OC(C)(C)C)C(=O)OC.CC12CC(C1)C2. The number of carbonyl (C=O) groups is 2. The molecule has 0 saturated heterocycles. The van der Waals surface area contributed by atoms with Crippen molar-refractivity contribution in [3.63, 3.8) is 0 Å². The van der Waals surface area contributed by atoms with E-state index in [1.54, 1.807) is 47.0 Å². The highest BCUT2D eigenvalue weighted by molar-refractivity contribution is 5.92. The van der Waals surface area contributed by atoms with Crippen molar-refractivity contribution in [2.24, 2.45) is 11.3 Å². The van der Waals surface area contributed by atoms with Gasteiger partial charge in [-0.15, -0.1) is 0 Å². The highest BCUT2D eigenvalue weighted by Crippen LogP contribution is 2.63. The van der Waals surface area contributed by atoms with Crippen LogP contribution in [-0.4, -0.2) is 24.8 Å². The van der Waals surface area contributed by atoms with Crippen molar-refractivity contribution in [1.29, 1.82) is 0 Å². The van der Waals surface area contributed by atoms with E-state index in [0.717, 1.165) is 5.41 Å². The molecule has 3 fully saturated rings. The van der Waals surface area contributed by atoms with Gasteiger partial charge in [0.25, 0.3) is 0 Å². The monoisotopic (exact) mass is 297 g/mol. The number of carbonyl (C=O) groups excluding carboxylic acids is 2. The normalized spacial score (nSPS) is 26.4. The largest absolute Gasteiger partial charge is 0.464 e. The summed E-state index contributed by atoms with van der Waals surface area (Å²) in [5.41, 5.74) is 0.329. The Morgan fingerprint density at radius 1 is 1.24 bits per heavy atom. The van der Waals surface area contributed by atoms with Crippen LogP contribution in [0.3, 0.4) is 0 Å². The average Bonchev–Trinajstić information content (AvgIpc) is 2.29. The van der Waals surface area contributed by atoms with Crippen molar-refractivity contribution in [3.05, 3.63) is 11.8 Å². The molecule has 0 heterocycles. The summed E-state index contributed by atoms with van der Waals surface area (Å²) in [6.07, 6.45) is 5.41. The zero-order valence-corrected chi connectivity index (χ0v) is 13.9. The molecule has 2 bridgehead atoms. The van der Waals surface area contributed by atoms with E-state index in [0.29, 0.717) is 0 Å². The number of allylic oxidation sites excluding steroid dienone is 1. The molecule has 0 atom stereocenters. The van der Waals surface area contributed by atoms with Gasteiger partial charge >= 0.3 is 12.1 Å². The van der Waals surface area contributed by atoms with Crippen LogP contribution >= 0.6 is 0 Å².